The Bertz CT molecular complexity index is 424. The van der Waals surface area contributed by atoms with E-state index in [0.29, 0.717) is 22.9 Å². The molecule has 1 fully saturated rings. The maximum absolute atomic E-state index is 12.1. The van der Waals surface area contributed by atoms with Gasteiger partial charge in [0.25, 0.3) is 0 Å². The third kappa shape index (κ3) is 2.40. The number of nitrogens with zero attached hydrogens (tertiary/aromatic N) is 1. The molecular formula is C12H13Cl2NO2. The van der Waals surface area contributed by atoms with Crippen LogP contribution in [-0.2, 0) is 9.59 Å². The van der Waals surface area contributed by atoms with Crippen molar-refractivity contribution in [2.75, 3.05) is 6.54 Å². The Hall–Kier alpha value is -0.800. The zero-order valence-electron chi connectivity index (χ0n) is 9.45. The number of hydrogen-bond acceptors (Lipinski definition) is 2. The van der Waals surface area contributed by atoms with Gasteiger partial charge in [-0.2, -0.15) is 0 Å². The Kier molecular flexibility index (Phi) is 3.59. The molecule has 2 amide bonds. The van der Waals surface area contributed by atoms with E-state index in [1.807, 2.05) is 6.08 Å². The number of fused-ring (bicyclic) bond motifs is 1. The van der Waals surface area contributed by atoms with Gasteiger partial charge < -0.3 is 0 Å². The molecule has 0 aromatic rings. The molecule has 0 radical (unpaired) electrons. The van der Waals surface area contributed by atoms with Crippen molar-refractivity contribution in [3.8, 4) is 0 Å². The molecule has 0 aromatic carbocycles. The summed E-state index contributed by atoms with van der Waals surface area (Å²) < 4.78 is 0. The molecule has 0 saturated carbocycles. The molecular weight excluding hydrogens is 261 g/mol. The molecule has 0 N–H and O–H groups in total. The lowest BCUT2D eigenvalue weighted by molar-refractivity contribution is -0.139. The van der Waals surface area contributed by atoms with Gasteiger partial charge in [-0.25, -0.2) is 0 Å². The van der Waals surface area contributed by atoms with Crippen molar-refractivity contribution in [2.24, 2.45) is 11.8 Å². The maximum atomic E-state index is 12.1. The number of likely N-dealkylation sites (tertiary alicyclic amines) is 1. The van der Waals surface area contributed by atoms with Crippen molar-refractivity contribution >= 4 is 35.0 Å². The highest BCUT2D eigenvalue weighted by Gasteiger charge is 2.47. The van der Waals surface area contributed by atoms with E-state index in [2.05, 4.69) is 0 Å². The second kappa shape index (κ2) is 4.83. The van der Waals surface area contributed by atoms with Gasteiger partial charge in [0.1, 0.15) is 0 Å². The molecule has 1 saturated heterocycles. The van der Waals surface area contributed by atoms with E-state index in [4.69, 9.17) is 23.2 Å². The number of carbonyl (C=O) groups excluding carboxylic acids is 2. The minimum absolute atomic E-state index is 0.102. The van der Waals surface area contributed by atoms with Crippen molar-refractivity contribution in [3.05, 3.63) is 22.2 Å². The summed E-state index contributed by atoms with van der Waals surface area (Å²) in [5.74, 6) is -0.729. The summed E-state index contributed by atoms with van der Waals surface area (Å²) in [4.78, 5) is 25.4. The minimum Gasteiger partial charge on any atom is -0.278 e. The van der Waals surface area contributed by atoms with Crippen molar-refractivity contribution in [3.63, 3.8) is 0 Å². The van der Waals surface area contributed by atoms with Crippen LogP contribution in [0.1, 0.15) is 19.8 Å². The van der Waals surface area contributed by atoms with Crippen LogP contribution in [0.3, 0.4) is 0 Å². The summed E-state index contributed by atoms with van der Waals surface area (Å²) >= 11 is 11.6. The monoisotopic (exact) mass is 273 g/mol. The average Bonchev–Trinajstić information content (AvgIpc) is 2.49. The fraction of sp³-hybridized carbons (Fsp3) is 0.500. The largest absolute Gasteiger partial charge is 0.278 e. The lowest BCUT2D eigenvalue weighted by atomic mass is 9.85. The van der Waals surface area contributed by atoms with Crippen LogP contribution < -0.4 is 0 Å². The van der Waals surface area contributed by atoms with Gasteiger partial charge in [-0.05, 0) is 19.8 Å². The molecule has 2 rings (SSSR count). The number of rotatable bonds is 2. The Morgan fingerprint density at radius 1 is 1.47 bits per heavy atom. The van der Waals surface area contributed by atoms with Crippen LogP contribution in [0, 0.1) is 11.8 Å². The van der Waals surface area contributed by atoms with Crippen molar-refractivity contribution in [1.29, 1.82) is 0 Å². The molecule has 92 valence electrons. The molecule has 17 heavy (non-hydrogen) atoms. The van der Waals surface area contributed by atoms with Gasteiger partial charge in [-0.1, -0.05) is 35.4 Å². The molecule has 2 atom stereocenters. The molecule has 0 spiro atoms. The first-order chi connectivity index (χ1) is 8.00. The summed E-state index contributed by atoms with van der Waals surface area (Å²) in [5.41, 5.74) is 0. The van der Waals surface area contributed by atoms with E-state index < -0.39 is 0 Å². The van der Waals surface area contributed by atoms with Gasteiger partial charge in [0.05, 0.1) is 11.8 Å². The van der Waals surface area contributed by atoms with Crippen LogP contribution in [0.2, 0.25) is 0 Å². The molecule has 0 bridgehead atoms. The Morgan fingerprint density at radius 3 is 2.76 bits per heavy atom. The second-order valence-corrected chi connectivity index (χ2v) is 5.46. The number of hydrogen-bond donors (Lipinski definition) is 0. The Labute approximate surface area is 110 Å². The number of carbonyl (C=O) groups is 2. The zero-order valence-corrected chi connectivity index (χ0v) is 11.0. The van der Waals surface area contributed by atoms with E-state index >= 15 is 0 Å². The van der Waals surface area contributed by atoms with Gasteiger partial charge in [0.15, 0.2) is 0 Å². The molecule has 1 aliphatic carbocycles. The van der Waals surface area contributed by atoms with Gasteiger partial charge in [-0.3, -0.25) is 14.5 Å². The SMILES string of the molecule is C/C(Cl)=C/CN1C(=O)[C@H]2CC(Cl)=CC[C@H]2C1=O. The molecule has 3 nitrogen and oxygen atoms in total. The summed E-state index contributed by atoms with van der Waals surface area (Å²) in [7, 11) is 0. The maximum Gasteiger partial charge on any atom is 0.233 e. The first kappa shape index (κ1) is 12.7. The van der Waals surface area contributed by atoms with Crippen LogP contribution in [0.15, 0.2) is 22.2 Å². The fourth-order valence-corrected chi connectivity index (χ4v) is 2.62. The third-order valence-corrected chi connectivity index (χ3v) is 3.68. The summed E-state index contributed by atoms with van der Waals surface area (Å²) in [6.07, 6.45) is 4.55. The highest BCUT2D eigenvalue weighted by atomic mass is 35.5. The van der Waals surface area contributed by atoms with Gasteiger partial charge >= 0.3 is 0 Å². The predicted octanol–water partition coefficient (Wildman–Crippen LogP) is 2.65. The molecule has 1 heterocycles. The van der Waals surface area contributed by atoms with Crippen LogP contribution in [0.5, 0.6) is 0 Å². The van der Waals surface area contributed by atoms with Crippen molar-refractivity contribution in [2.45, 2.75) is 19.8 Å². The molecule has 0 unspecified atom stereocenters. The van der Waals surface area contributed by atoms with Gasteiger partial charge in [-0.15, -0.1) is 0 Å². The van der Waals surface area contributed by atoms with Crippen molar-refractivity contribution < 1.29 is 9.59 Å². The smallest absolute Gasteiger partial charge is 0.233 e. The van der Waals surface area contributed by atoms with Crippen LogP contribution in [0.25, 0.3) is 0 Å². The lowest BCUT2D eigenvalue weighted by Gasteiger charge is -2.17. The summed E-state index contributed by atoms with van der Waals surface area (Å²) in [6, 6.07) is 0. The van der Waals surface area contributed by atoms with E-state index in [1.54, 1.807) is 13.0 Å². The quantitative estimate of drug-likeness (QED) is 0.726. The Balaban J connectivity index is 2.16. The van der Waals surface area contributed by atoms with Crippen molar-refractivity contribution in [1.82, 2.24) is 4.90 Å². The Morgan fingerprint density at radius 2 is 2.12 bits per heavy atom. The van der Waals surface area contributed by atoms with Gasteiger partial charge in [0, 0.05) is 16.6 Å². The molecule has 1 aliphatic heterocycles. The van der Waals surface area contributed by atoms with E-state index in [9.17, 15) is 9.59 Å². The third-order valence-electron chi connectivity index (χ3n) is 3.22. The van der Waals surface area contributed by atoms with E-state index in [1.165, 1.54) is 4.90 Å². The number of imide groups is 1. The first-order valence-electron chi connectivity index (χ1n) is 5.52. The number of allylic oxidation sites excluding steroid dienone is 3. The summed E-state index contributed by atoms with van der Waals surface area (Å²) in [5, 5.41) is 1.26. The van der Waals surface area contributed by atoms with E-state index in [0.717, 1.165) is 0 Å². The second-order valence-electron chi connectivity index (χ2n) is 4.38. The van der Waals surface area contributed by atoms with Crippen LogP contribution in [-0.4, -0.2) is 23.3 Å². The standard InChI is InChI=1S/C12H13Cl2NO2/c1-7(13)4-5-15-11(16)9-3-2-8(14)6-10(9)12(15)17/h2,4,9-10H,3,5-6H2,1H3/b7-4-/t9-,10+/m1/s1. The highest BCUT2D eigenvalue weighted by molar-refractivity contribution is 6.30. The predicted molar refractivity (Wildman–Crippen MR) is 66.5 cm³/mol. The number of amides is 2. The average molecular weight is 274 g/mol. The fourth-order valence-electron chi connectivity index (χ4n) is 2.29. The molecule has 2 aliphatic rings. The number of halogens is 2. The lowest BCUT2D eigenvalue weighted by Crippen LogP contribution is -2.31. The normalized spacial score (nSPS) is 29.5. The highest BCUT2D eigenvalue weighted by Crippen LogP contribution is 2.38. The minimum atomic E-state index is -0.274. The summed E-state index contributed by atoms with van der Waals surface area (Å²) in [6.45, 7) is 1.98. The topological polar surface area (TPSA) is 37.4 Å². The zero-order chi connectivity index (χ0) is 12.6. The molecule has 5 heteroatoms. The molecule has 0 aromatic heterocycles. The van der Waals surface area contributed by atoms with Crippen LogP contribution in [0.4, 0.5) is 0 Å². The van der Waals surface area contributed by atoms with E-state index in [-0.39, 0.29) is 30.2 Å². The van der Waals surface area contributed by atoms with Gasteiger partial charge in [0.2, 0.25) is 11.8 Å². The first-order valence-corrected chi connectivity index (χ1v) is 6.28. The van der Waals surface area contributed by atoms with Crippen LogP contribution >= 0.6 is 23.2 Å².